The maximum absolute atomic E-state index is 12.3. The second-order valence-corrected chi connectivity index (χ2v) is 7.39. The fourth-order valence-corrected chi connectivity index (χ4v) is 3.80. The third-order valence-electron chi connectivity index (χ3n) is 2.84. The molecule has 2 aromatic heterocycles. The van der Waals surface area contributed by atoms with E-state index in [1.165, 1.54) is 17.4 Å². The van der Waals surface area contributed by atoms with Crippen molar-refractivity contribution in [1.29, 1.82) is 0 Å². The largest absolute Gasteiger partial charge is 0.384 e. The molecule has 2 heterocycles. The van der Waals surface area contributed by atoms with E-state index in [1.807, 2.05) is 6.92 Å². The molecule has 3 aromatic rings. The summed E-state index contributed by atoms with van der Waals surface area (Å²) in [6.07, 6.45) is 1.62. The standard InChI is InChI=1S/C13H12N4O2S2/c1-8-7-15-13(20-8)17-21(18,19)10-3-4-11-9(6-10)2-5-12(14)16-11/h2-7H,1H3,(H2,14,16)(H,15,17). The molecule has 0 aliphatic rings. The maximum Gasteiger partial charge on any atom is 0.263 e. The summed E-state index contributed by atoms with van der Waals surface area (Å²) in [6.45, 7) is 1.86. The van der Waals surface area contributed by atoms with E-state index in [2.05, 4.69) is 14.7 Å². The predicted octanol–water partition coefficient (Wildman–Crippen LogP) is 2.38. The fraction of sp³-hybridized carbons (Fsp3) is 0.0769. The molecule has 0 unspecified atom stereocenters. The zero-order valence-electron chi connectivity index (χ0n) is 11.1. The minimum Gasteiger partial charge on any atom is -0.384 e. The average Bonchev–Trinajstić information content (AvgIpc) is 2.82. The van der Waals surface area contributed by atoms with Crippen molar-refractivity contribution < 1.29 is 8.42 Å². The molecule has 0 saturated heterocycles. The van der Waals surface area contributed by atoms with Crippen molar-refractivity contribution in [3.8, 4) is 0 Å². The molecule has 0 amide bonds. The highest BCUT2D eigenvalue weighted by Crippen LogP contribution is 2.23. The first kappa shape index (κ1) is 13.8. The van der Waals surface area contributed by atoms with Crippen molar-refractivity contribution in [1.82, 2.24) is 9.97 Å². The van der Waals surface area contributed by atoms with Crippen LogP contribution in [0.25, 0.3) is 10.9 Å². The predicted molar refractivity (Wildman–Crippen MR) is 83.8 cm³/mol. The average molecular weight is 320 g/mol. The summed E-state index contributed by atoms with van der Waals surface area (Å²) < 4.78 is 27.1. The highest BCUT2D eigenvalue weighted by Gasteiger charge is 2.16. The fourth-order valence-electron chi connectivity index (χ4n) is 1.86. The maximum atomic E-state index is 12.3. The van der Waals surface area contributed by atoms with Gasteiger partial charge in [-0.2, -0.15) is 0 Å². The molecule has 108 valence electrons. The molecule has 0 aliphatic heterocycles. The van der Waals surface area contributed by atoms with Gasteiger partial charge in [0.25, 0.3) is 10.0 Å². The van der Waals surface area contributed by atoms with E-state index < -0.39 is 10.0 Å². The number of nitrogen functional groups attached to an aromatic ring is 1. The van der Waals surface area contributed by atoms with Gasteiger partial charge in [-0.1, -0.05) is 0 Å². The third kappa shape index (κ3) is 2.81. The number of nitrogens with two attached hydrogens (primary N) is 1. The highest BCUT2D eigenvalue weighted by molar-refractivity contribution is 7.93. The summed E-state index contributed by atoms with van der Waals surface area (Å²) in [5.41, 5.74) is 6.26. The number of hydrogen-bond acceptors (Lipinski definition) is 6. The van der Waals surface area contributed by atoms with E-state index in [0.717, 1.165) is 4.88 Å². The lowest BCUT2D eigenvalue weighted by Gasteiger charge is -2.06. The monoisotopic (exact) mass is 320 g/mol. The number of nitrogens with zero attached hydrogens (tertiary/aromatic N) is 2. The number of aromatic nitrogens is 2. The van der Waals surface area contributed by atoms with Crippen LogP contribution in [0.4, 0.5) is 10.9 Å². The molecule has 21 heavy (non-hydrogen) atoms. The SMILES string of the molecule is Cc1cnc(NS(=O)(=O)c2ccc3nc(N)ccc3c2)s1. The number of rotatable bonds is 3. The molecule has 3 N–H and O–H groups in total. The number of fused-ring (bicyclic) bond motifs is 1. The molecule has 1 aromatic carbocycles. The van der Waals surface area contributed by atoms with Crippen LogP contribution in [-0.4, -0.2) is 18.4 Å². The molecule has 6 nitrogen and oxygen atoms in total. The van der Waals surface area contributed by atoms with Gasteiger partial charge in [0.1, 0.15) is 5.82 Å². The minimum absolute atomic E-state index is 0.162. The van der Waals surface area contributed by atoms with E-state index in [1.54, 1.807) is 30.5 Å². The molecule has 0 fully saturated rings. The summed E-state index contributed by atoms with van der Waals surface area (Å²) in [5, 5.41) is 1.06. The Morgan fingerprint density at radius 1 is 1.24 bits per heavy atom. The van der Waals surface area contributed by atoms with Gasteiger partial charge in [0.2, 0.25) is 0 Å². The Bertz CT molecular complexity index is 919. The van der Waals surface area contributed by atoms with Crippen molar-refractivity contribution in [3.63, 3.8) is 0 Å². The molecule has 0 spiro atoms. The van der Waals surface area contributed by atoms with E-state index in [9.17, 15) is 8.42 Å². The summed E-state index contributed by atoms with van der Waals surface area (Å²) >= 11 is 1.28. The quantitative estimate of drug-likeness (QED) is 0.772. The van der Waals surface area contributed by atoms with E-state index in [-0.39, 0.29) is 4.90 Å². The van der Waals surface area contributed by atoms with Gasteiger partial charge in [0, 0.05) is 16.5 Å². The van der Waals surface area contributed by atoms with Gasteiger partial charge in [-0.3, -0.25) is 4.72 Å². The van der Waals surface area contributed by atoms with Crippen LogP contribution in [0.15, 0.2) is 41.4 Å². The van der Waals surface area contributed by atoms with E-state index in [4.69, 9.17) is 5.73 Å². The van der Waals surface area contributed by atoms with Gasteiger partial charge >= 0.3 is 0 Å². The smallest absolute Gasteiger partial charge is 0.263 e. The van der Waals surface area contributed by atoms with Crippen LogP contribution in [0.2, 0.25) is 0 Å². The van der Waals surface area contributed by atoms with Gasteiger partial charge in [-0.05, 0) is 37.3 Å². The molecule has 0 bridgehead atoms. The van der Waals surface area contributed by atoms with Crippen molar-refractivity contribution >= 4 is 43.2 Å². The Kier molecular flexibility index (Phi) is 3.26. The first-order chi connectivity index (χ1) is 9.94. The molecule has 0 atom stereocenters. The van der Waals surface area contributed by atoms with E-state index in [0.29, 0.717) is 21.9 Å². The summed E-state index contributed by atoms with van der Waals surface area (Å²) in [5.74, 6) is 0.398. The number of anilines is 2. The van der Waals surface area contributed by atoms with Gasteiger partial charge in [0.05, 0.1) is 10.4 Å². The Balaban J connectivity index is 2.00. The number of sulfonamides is 1. The number of aryl methyl sites for hydroxylation is 1. The topological polar surface area (TPSA) is 98.0 Å². The zero-order valence-corrected chi connectivity index (χ0v) is 12.7. The molecule has 0 aliphatic carbocycles. The molecule has 8 heteroatoms. The van der Waals surface area contributed by atoms with Crippen LogP contribution < -0.4 is 10.5 Å². The Morgan fingerprint density at radius 2 is 2.05 bits per heavy atom. The minimum atomic E-state index is -3.66. The number of pyridine rings is 1. The lowest BCUT2D eigenvalue weighted by molar-refractivity contribution is 0.601. The van der Waals surface area contributed by atoms with Gasteiger partial charge in [-0.25, -0.2) is 18.4 Å². The van der Waals surface area contributed by atoms with E-state index >= 15 is 0 Å². The Labute approximate surface area is 125 Å². The van der Waals surface area contributed by atoms with Gasteiger partial charge < -0.3 is 5.73 Å². The van der Waals surface area contributed by atoms with Crippen molar-refractivity contribution in [2.24, 2.45) is 0 Å². The summed E-state index contributed by atoms with van der Waals surface area (Å²) in [6, 6.07) is 8.07. The number of thiazole rings is 1. The van der Waals surface area contributed by atoms with Gasteiger partial charge in [0.15, 0.2) is 5.13 Å². The van der Waals surface area contributed by atoms with Crippen LogP contribution in [0.5, 0.6) is 0 Å². The third-order valence-corrected chi connectivity index (χ3v) is 5.13. The van der Waals surface area contributed by atoms with Crippen LogP contribution in [0.3, 0.4) is 0 Å². The van der Waals surface area contributed by atoms with Crippen LogP contribution in [0, 0.1) is 6.92 Å². The van der Waals surface area contributed by atoms with Crippen LogP contribution >= 0.6 is 11.3 Å². The van der Waals surface area contributed by atoms with Crippen molar-refractivity contribution in [2.45, 2.75) is 11.8 Å². The van der Waals surface area contributed by atoms with Crippen LogP contribution in [-0.2, 0) is 10.0 Å². The highest BCUT2D eigenvalue weighted by atomic mass is 32.2. The van der Waals surface area contributed by atoms with Gasteiger partial charge in [-0.15, -0.1) is 11.3 Å². The Morgan fingerprint density at radius 3 is 2.76 bits per heavy atom. The molecule has 0 radical (unpaired) electrons. The van der Waals surface area contributed by atoms with Crippen molar-refractivity contribution in [2.75, 3.05) is 10.5 Å². The first-order valence-electron chi connectivity index (χ1n) is 6.05. The molecular formula is C13H12N4O2S2. The molecule has 0 saturated carbocycles. The number of benzene rings is 1. The summed E-state index contributed by atoms with van der Waals surface area (Å²) in [4.78, 5) is 9.24. The lowest BCUT2D eigenvalue weighted by Crippen LogP contribution is -2.12. The lowest BCUT2D eigenvalue weighted by atomic mass is 10.2. The number of nitrogens with one attached hydrogen (secondary N) is 1. The summed E-state index contributed by atoms with van der Waals surface area (Å²) in [7, 11) is -3.66. The zero-order chi connectivity index (χ0) is 15.0. The normalized spacial score (nSPS) is 11.7. The second-order valence-electron chi connectivity index (χ2n) is 4.47. The second kappa shape index (κ2) is 4.97. The molecule has 3 rings (SSSR count). The van der Waals surface area contributed by atoms with Crippen LogP contribution in [0.1, 0.15) is 4.88 Å². The Hall–Kier alpha value is -2.19. The first-order valence-corrected chi connectivity index (χ1v) is 8.35. The number of hydrogen-bond donors (Lipinski definition) is 2. The molecular weight excluding hydrogens is 308 g/mol. The van der Waals surface area contributed by atoms with Crippen molar-refractivity contribution in [3.05, 3.63) is 41.4 Å².